The van der Waals surface area contributed by atoms with Gasteiger partial charge < -0.3 is 14.7 Å². The van der Waals surface area contributed by atoms with Crippen molar-refractivity contribution in [3.05, 3.63) is 86.4 Å². The molecule has 8 nitrogen and oxygen atoms in total. The van der Waals surface area contributed by atoms with Crippen LogP contribution in [0.15, 0.2) is 65.2 Å². The molecule has 0 saturated carbocycles. The molecule has 172 valence electrons. The van der Waals surface area contributed by atoms with E-state index in [2.05, 4.69) is 0 Å². The van der Waals surface area contributed by atoms with Crippen molar-refractivity contribution in [3.63, 3.8) is 0 Å². The van der Waals surface area contributed by atoms with E-state index in [4.69, 9.17) is 4.74 Å². The van der Waals surface area contributed by atoms with Crippen molar-refractivity contribution in [1.82, 2.24) is 4.90 Å². The molecule has 2 aliphatic heterocycles. The number of hydrogen-bond acceptors (Lipinski definition) is 7. The number of non-ortho nitro benzene ring substituents is 1. The van der Waals surface area contributed by atoms with Crippen molar-refractivity contribution in [2.75, 3.05) is 0 Å². The minimum absolute atomic E-state index is 0.0461. The van der Waals surface area contributed by atoms with Gasteiger partial charge in [0, 0.05) is 28.7 Å². The molecule has 1 saturated heterocycles. The van der Waals surface area contributed by atoms with Crippen molar-refractivity contribution in [1.29, 1.82) is 0 Å². The Kier molecular flexibility index (Phi) is 6.53. The number of carbonyl (C=O) groups excluding carboxylic acids is 2. The number of nitro groups is 1. The number of ether oxygens (including phenoxy) is 1. The third-order valence-electron chi connectivity index (χ3n) is 6.06. The molecule has 2 aromatic carbocycles. The van der Waals surface area contributed by atoms with Gasteiger partial charge in [0.1, 0.15) is 12.3 Å². The highest BCUT2D eigenvalue weighted by Gasteiger charge is 2.60. The third kappa shape index (κ3) is 4.38. The predicted octanol–water partition coefficient (Wildman–Crippen LogP) is 3.64. The third-order valence-corrected chi connectivity index (χ3v) is 7.41. The average molecular weight is 469 g/mol. The first kappa shape index (κ1) is 23.0. The smallest absolute Gasteiger partial charge is 0.356 e. The van der Waals surface area contributed by atoms with Gasteiger partial charge in [0.15, 0.2) is 0 Å². The molecule has 4 rings (SSSR count). The Labute approximate surface area is 195 Å². The summed E-state index contributed by atoms with van der Waals surface area (Å²) in [6.07, 6.45) is -0.808. The van der Waals surface area contributed by atoms with E-state index in [9.17, 15) is 24.8 Å². The van der Waals surface area contributed by atoms with Crippen LogP contribution in [0.5, 0.6) is 0 Å². The summed E-state index contributed by atoms with van der Waals surface area (Å²) < 4.78 is 5.50. The standard InChI is InChI=1S/C24H24N2O6S/c1-14-20-19(15(2)27)23(28)25(20)21(22(14)33-13-17-6-4-3-5-7-17)24(29)32-12-16-8-10-18(11-9-16)26(30)31/h3-11,14-15,19-20,27H,12-13H2,1-2H3/t14-,15-,19-,20-/m1/s1. The Hall–Kier alpha value is -3.17. The van der Waals surface area contributed by atoms with Gasteiger partial charge in [0.05, 0.1) is 23.0 Å². The number of aliphatic hydroxyl groups excluding tert-OH is 1. The quantitative estimate of drug-likeness (QED) is 0.273. The SMILES string of the molecule is C[C@@H](O)[C@H]1C(=O)N2C(C(=O)OCc3ccc([N+](=O)[O-])cc3)=C(SCc3ccccc3)[C@H](C)[C@H]12. The number of hydrogen-bond donors (Lipinski definition) is 1. The van der Waals surface area contributed by atoms with E-state index < -0.39 is 22.9 Å². The number of nitro benzene ring substituents is 1. The lowest BCUT2D eigenvalue weighted by Gasteiger charge is -2.46. The highest BCUT2D eigenvalue weighted by Crippen LogP contribution is 2.51. The molecule has 0 spiro atoms. The van der Waals surface area contributed by atoms with Gasteiger partial charge >= 0.3 is 5.97 Å². The van der Waals surface area contributed by atoms with E-state index in [1.807, 2.05) is 37.3 Å². The molecule has 33 heavy (non-hydrogen) atoms. The largest absolute Gasteiger partial charge is 0.456 e. The van der Waals surface area contributed by atoms with Crippen LogP contribution in [0.1, 0.15) is 25.0 Å². The minimum Gasteiger partial charge on any atom is -0.456 e. The number of carbonyl (C=O) groups is 2. The van der Waals surface area contributed by atoms with Crippen LogP contribution in [0.4, 0.5) is 5.69 Å². The van der Waals surface area contributed by atoms with E-state index in [0.717, 1.165) is 10.5 Å². The molecule has 0 unspecified atom stereocenters. The summed E-state index contributed by atoms with van der Waals surface area (Å²) in [5.41, 5.74) is 1.88. The number of esters is 1. The molecule has 0 aromatic heterocycles. The number of fused-ring (bicyclic) bond motifs is 1. The summed E-state index contributed by atoms with van der Waals surface area (Å²) in [4.78, 5) is 38.5. The normalized spacial score (nSPS) is 22.6. The summed E-state index contributed by atoms with van der Waals surface area (Å²) in [6.45, 7) is 3.48. The molecular formula is C24H24N2O6S. The lowest BCUT2D eigenvalue weighted by Crippen LogP contribution is -2.63. The van der Waals surface area contributed by atoms with Gasteiger partial charge in [-0.1, -0.05) is 37.3 Å². The van der Waals surface area contributed by atoms with Crippen molar-refractivity contribution in [3.8, 4) is 0 Å². The highest BCUT2D eigenvalue weighted by molar-refractivity contribution is 8.02. The molecular weight excluding hydrogens is 444 g/mol. The van der Waals surface area contributed by atoms with Gasteiger partial charge in [-0.15, -0.1) is 11.8 Å². The van der Waals surface area contributed by atoms with E-state index in [1.54, 1.807) is 6.92 Å². The second-order valence-electron chi connectivity index (χ2n) is 8.24. The first-order chi connectivity index (χ1) is 15.8. The summed E-state index contributed by atoms with van der Waals surface area (Å²) in [7, 11) is 0. The van der Waals surface area contributed by atoms with E-state index >= 15 is 0 Å². The number of benzene rings is 2. The van der Waals surface area contributed by atoms with Crippen molar-refractivity contribution in [2.24, 2.45) is 11.8 Å². The van der Waals surface area contributed by atoms with Gasteiger partial charge in [0.2, 0.25) is 5.91 Å². The monoisotopic (exact) mass is 468 g/mol. The minimum atomic E-state index is -0.808. The fraction of sp³-hybridized carbons (Fsp3) is 0.333. The Bertz CT molecular complexity index is 1100. The molecule has 1 amide bonds. The molecule has 2 heterocycles. The zero-order chi connectivity index (χ0) is 23.7. The molecule has 0 bridgehead atoms. The number of amides is 1. The first-order valence-corrected chi connectivity index (χ1v) is 11.6. The maximum atomic E-state index is 13.1. The second kappa shape index (κ2) is 9.36. The lowest BCUT2D eigenvalue weighted by atomic mass is 9.79. The summed E-state index contributed by atoms with van der Waals surface area (Å²) >= 11 is 1.50. The molecule has 4 atom stereocenters. The Morgan fingerprint density at radius 2 is 1.85 bits per heavy atom. The van der Waals surface area contributed by atoms with Crippen molar-refractivity contribution >= 4 is 29.3 Å². The predicted molar refractivity (Wildman–Crippen MR) is 123 cm³/mol. The molecule has 1 fully saturated rings. The number of nitrogens with zero attached hydrogens (tertiary/aromatic N) is 2. The fourth-order valence-corrected chi connectivity index (χ4v) is 5.61. The maximum Gasteiger partial charge on any atom is 0.356 e. The molecule has 2 aromatic rings. The second-order valence-corrected chi connectivity index (χ2v) is 9.26. The number of thioether (sulfide) groups is 1. The van der Waals surface area contributed by atoms with Crippen LogP contribution in [0.3, 0.4) is 0 Å². The van der Waals surface area contributed by atoms with Crippen molar-refractivity contribution in [2.45, 2.75) is 38.4 Å². The molecule has 0 radical (unpaired) electrons. The maximum absolute atomic E-state index is 13.1. The number of aliphatic hydroxyl groups is 1. The van der Waals surface area contributed by atoms with Gasteiger partial charge in [-0.2, -0.15) is 0 Å². The Balaban J connectivity index is 1.55. The zero-order valence-corrected chi connectivity index (χ0v) is 19.0. The topological polar surface area (TPSA) is 110 Å². The van der Waals surface area contributed by atoms with Crippen molar-refractivity contribution < 1.29 is 24.4 Å². The Morgan fingerprint density at radius 3 is 2.45 bits per heavy atom. The van der Waals surface area contributed by atoms with Crippen LogP contribution in [-0.4, -0.2) is 39.0 Å². The van der Waals surface area contributed by atoms with Gasteiger partial charge in [-0.25, -0.2) is 4.79 Å². The summed E-state index contributed by atoms with van der Waals surface area (Å²) in [5.74, 6) is -0.923. The van der Waals surface area contributed by atoms with Crippen LogP contribution in [0.25, 0.3) is 0 Å². The van der Waals surface area contributed by atoms with Crippen LogP contribution >= 0.6 is 11.8 Å². The van der Waals surface area contributed by atoms with Gasteiger partial charge in [0.25, 0.3) is 5.69 Å². The molecule has 2 aliphatic rings. The molecule has 0 aliphatic carbocycles. The fourth-order valence-electron chi connectivity index (χ4n) is 4.37. The average Bonchev–Trinajstić information content (AvgIpc) is 3.04. The van der Waals surface area contributed by atoms with Crippen LogP contribution < -0.4 is 0 Å². The van der Waals surface area contributed by atoms with Crippen LogP contribution in [-0.2, 0) is 26.7 Å². The Morgan fingerprint density at radius 1 is 1.18 bits per heavy atom. The van der Waals surface area contributed by atoms with Gasteiger partial charge in [-0.05, 0) is 30.2 Å². The first-order valence-electron chi connectivity index (χ1n) is 10.6. The van der Waals surface area contributed by atoms with E-state index in [-0.39, 0.29) is 35.9 Å². The van der Waals surface area contributed by atoms with E-state index in [1.165, 1.54) is 40.9 Å². The van der Waals surface area contributed by atoms with E-state index in [0.29, 0.717) is 11.3 Å². The van der Waals surface area contributed by atoms with Crippen LogP contribution in [0, 0.1) is 22.0 Å². The van der Waals surface area contributed by atoms with Crippen LogP contribution in [0.2, 0.25) is 0 Å². The van der Waals surface area contributed by atoms with Gasteiger partial charge in [-0.3, -0.25) is 14.9 Å². The number of rotatable bonds is 8. The summed E-state index contributed by atoms with van der Waals surface area (Å²) in [6, 6.07) is 15.3. The molecule has 9 heteroatoms. The summed E-state index contributed by atoms with van der Waals surface area (Å²) in [5, 5.41) is 20.9. The highest BCUT2D eigenvalue weighted by atomic mass is 32.2. The zero-order valence-electron chi connectivity index (χ0n) is 18.2. The molecule has 1 N–H and O–H groups in total. The lowest BCUT2D eigenvalue weighted by molar-refractivity contribution is -0.384. The number of β-lactam (4-membered cyclic amide) rings is 1.